The van der Waals surface area contributed by atoms with Crippen molar-refractivity contribution in [2.24, 2.45) is 0 Å². The number of halogens is 2. The summed E-state index contributed by atoms with van der Waals surface area (Å²) in [5.74, 6) is -0.307. The fraction of sp³-hybridized carbons (Fsp3) is 0.176. The number of nitrogens with zero attached hydrogens (tertiary/aromatic N) is 1. The highest BCUT2D eigenvalue weighted by Crippen LogP contribution is 2.22. The van der Waals surface area contributed by atoms with E-state index in [4.69, 9.17) is 23.2 Å². The minimum atomic E-state index is -0.234. The molecule has 0 aliphatic heterocycles. The molecule has 5 nitrogen and oxygen atoms in total. The van der Waals surface area contributed by atoms with E-state index in [0.717, 1.165) is 5.69 Å². The summed E-state index contributed by atoms with van der Waals surface area (Å²) < 4.78 is 0. The molecule has 2 N–H and O–H groups in total. The second-order valence-electron chi connectivity index (χ2n) is 5.34. The summed E-state index contributed by atoms with van der Waals surface area (Å²) in [5.41, 5.74) is 1.86. The number of hydrogen-bond acceptors (Lipinski definition) is 3. The van der Waals surface area contributed by atoms with Gasteiger partial charge in [0.25, 0.3) is 5.91 Å². The largest absolute Gasteiger partial charge is 0.376 e. The normalized spacial score (nSPS) is 10.2. The molecule has 24 heavy (non-hydrogen) atoms. The van der Waals surface area contributed by atoms with Gasteiger partial charge in [0.15, 0.2) is 0 Å². The van der Waals surface area contributed by atoms with E-state index < -0.39 is 0 Å². The van der Waals surface area contributed by atoms with Crippen molar-refractivity contribution >= 4 is 46.4 Å². The Balaban J connectivity index is 1.90. The number of benzene rings is 2. The van der Waals surface area contributed by atoms with E-state index in [-0.39, 0.29) is 18.4 Å². The first kappa shape index (κ1) is 18.1. The van der Waals surface area contributed by atoms with E-state index in [2.05, 4.69) is 10.6 Å². The van der Waals surface area contributed by atoms with Crippen molar-refractivity contribution in [1.29, 1.82) is 0 Å². The minimum absolute atomic E-state index is 0.0721. The van der Waals surface area contributed by atoms with Gasteiger partial charge in [0.2, 0.25) is 5.91 Å². The molecule has 0 saturated carbocycles. The van der Waals surface area contributed by atoms with E-state index >= 15 is 0 Å². The van der Waals surface area contributed by atoms with Gasteiger partial charge in [-0.15, -0.1) is 0 Å². The van der Waals surface area contributed by atoms with Crippen molar-refractivity contribution in [2.75, 3.05) is 31.3 Å². The zero-order valence-corrected chi connectivity index (χ0v) is 14.8. The fourth-order valence-electron chi connectivity index (χ4n) is 2.00. The Bertz CT molecular complexity index is 726. The lowest BCUT2D eigenvalue weighted by atomic mass is 10.2. The summed E-state index contributed by atoms with van der Waals surface area (Å²) >= 11 is 11.8. The van der Waals surface area contributed by atoms with Crippen LogP contribution in [-0.2, 0) is 4.79 Å². The van der Waals surface area contributed by atoms with Crippen molar-refractivity contribution in [2.45, 2.75) is 0 Å². The van der Waals surface area contributed by atoms with Crippen LogP contribution in [0.4, 0.5) is 11.4 Å². The molecule has 2 aromatic carbocycles. The number of hydrogen-bond donors (Lipinski definition) is 2. The second kappa shape index (κ2) is 8.04. The van der Waals surface area contributed by atoms with Crippen LogP contribution in [0.5, 0.6) is 0 Å². The molecule has 0 fully saturated rings. The predicted octanol–water partition coefficient (Wildman–Crippen LogP) is 3.75. The van der Waals surface area contributed by atoms with Crippen LogP contribution < -0.4 is 10.6 Å². The predicted molar refractivity (Wildman–Crippen MR) is 98.0 cm³/mol. The van der Waals surface area contributed by atoms with Crippen LogP contribution in [-0.4, -0.2) is 37.4 Å². The number of nitrogens with one attached hydrogen (secondary N) is 2. The first-order valence-corrected chi connectivity index (χ1v) is 7.92. The van der Waals surface area contributed by atoms with Gasteiger partial charge >= 0.3 is 0 Å². The Kier molecular flexibility index (Phi) is 6.06. The van der Waals surface area contributed by atoms with Gasteiger partial charge in [0, 0.05) is 41.1 Å². The summed E-state index contributed by atoms with van der Waals surface area (Å²) in [5, 5.41) is 6.60. The third-order valence-electron chi connectivity index (χ3n) is 3.14. The molecule has 0 spiro atoms. The maximum atomic E-state index is 12.0. The van der Waals surface area contributed by atoms with Crippen LogP contribution in [0.25, 0.3) is 0 Å². The van der Waals surface area contributed by atoms with Gasteiger partial charge in [-0.25, -0.2) is 0 Å². The van der Waals surface area contributed by atoms with Gasteiger partial charge in [-0.1, -0.05) is 23.2 Å². The number of rotatable bonds is 5. The van der Waals surface area contributed by atoms with Crippen molar-refractivity contribution in [3.8, 4) is 0 Å². The summed E-state index contributed by atoms with van der Waals surface area (Å²) in [6.45, 7) is 0.0745. The lowest BCUT2D eigenvalue weighted by molar-refractivity contribution is -0.114. The van der Waals surface area contributed by atoms with Crippen molar-refractivity contribution < 1.29 is 9.59 Å². The van der Waals surface area contributed by atoms with Crippen molar-refractivity contribution in [1.82, 2.24) is 4.90 Å². The maximum absolute atomic E-state index is 12.0. The Morgan fingerprint density at radius 1 is 0.958 bits per heavy atom. The average molecular weight is 366 g/mol. The van der Waals surface area contributed by atoms with Gasteiger partial charge < -0.3 is 15.5 Å². The van der Waals surface area contributed by atoms with Gasteiger partial charge in [0.05, 0.1) is 6.54 Å². The molecular weight excluding hydrogens is 349 g/mol. The highest BCUT2D eigenvalue weighted by atomic mass is 35.5. The van der Waals surface area contributed by atoms with Gasteiger partial charge in [-0.3, -0.25) is 9.59 Å². The Labute approximate surface area is 150 Å². The molecule has 7 heteroatoms. The smallest absolute Gasteiger partial charge is 0.253 e. The Hall–Kier alpha value is -2.24. The third kappa shape index (κ3) is 5.15. The molecule has 0 radical (unpaired) electrons. The number of carbonyl (C=O) groups excluding carboxylic acids is 2. The summed E-state index contributed by atoms with van der Waals surface area (Å²) in [6.07, 6.45) is 0. The van der Waals surface area contributed by atoms with Crippen LogP contribution in [0.3, 0.4) is 0 Å². The minimum Gasteiger partial charge on any atom is -0.376 e. The highest BCUT2D eigenvalue weighted by molar-refractivity contribution is 6.35. The van der Waals surface area contributed by atoms with Gasteiger partial charge in [0.1, 0.15) is 0 Å². The van der Waals surface area contributed by atoms with E-state index in [1.807, 2.05) is 0 Å². The van der Waals surface area contributed by atoms with E-state index in [1.54, 1.807) is 56.6 Å². The monoisotopic (exact) mass is 365 g/mol. The Morgan fingerprint density at radius 3 is 2.08 bits per heavy atom. The molecule has 0 unspecified atom stereocenters. The molecule has 0 atom stereocenters. The third-order valence-corrected chi connectivity index (χ3v) is 3.57. The summed E-state index contributed by atoms with van der Waals surface area (Å²) in [6, 6.07) is 11.7. The van der Waals surface area contributed by atoms with Gasteiger partial charge in [-0.2, -0.15) is 0 Å². The number of carbonyl (C=O) groups is 2. The average Bonchev–Trinajstić information content (AvgIpc) is 2.51. The first-order valence-electron chi connectivity index (χ1n) is 7.16. The highest BCUT2D eigenvalue weighted by Gasteiger charge is 2.08. The topological polar surface area (TPSA) is 61.4 Å². The molecule has 2 amide bonds. The van der Waals surface area contributed by atoms with E-state index in [0.29, 0.717) is 21.3 Å². The van der Waals surface area contributed by atoms with Crippen molar-refractivity contribution in [3.63, 3.8) is 0 Å². The molecule has 0 aliphatic rings. The molecule has 126 valence electrons. The molecule has 0 bridgehead atoms. The van der Waals surface area contributed by atoms with Crippen molar-refractivity contribution in [3.05, 3.63) is 58.1 Å². The standard InChI is InChI=1S/C17H17Cl2N3O2/c1-22(2)17(24)11-3-5-14(6-4-11)20-10-16(23)21-15-8-12(18)7-13(19)9-15/h3-9,20H,10H2,1-2H3,(H,21,23). The van der Waals surface area contributed by atoms with Gasteiger partial charge in [-0.05, 0) is 42.5 Å². The Morgan fingerprint density at radius 2 is 1.54 bits per heavy atom. The lowest BCUT2D eigenvalue weighted by Crippen LogP contribution is -2.22. The zero-order chi connectivity index (χ0) is 17.7. The first-order chi connectivity index (χ1) is 11.3. The fourth-order valence-corrected chi connectivity index (χ4v) is 2.53. The number of amides is 2. The summed E-state index contributed by atoms with van der Waals surface area (Å²) in [7, 11) is 3.39. The van der Waals surface area contributed by atoms with Crippen LogP contribution in [0.1, 0.15) is 10.4 Å². The molecule has 2 aromatic rings. The second-order valence-corrected chi connectivity index (χ2v) is 6.21. The maximum Gasteiger partial charge on any atom is 0.253 e. The lowest BCUT2D eigenvalue weighted by Gasteiger charge is -2.11. The summed E-state index contributed by atoms with van der Waals surface area (Å²) in [4.78, 5) is 25.3. The van der Waals surface area contributed by atoms with Crippen LogP contribution in [0, 0.1) is 0 Å². The SMILES string of the molecule is CN(C)C(=O)c1ccc(NCC(=O)Nc2cc(Cl)cc(Cl)c2)cc1. The molecule has 2 rings (SSSR count). The van der Waals surface area contributed by atoms with Crippen LogP contribution in [0.15, 0.2) is 42.5 Å². The van der Waals surface area contributed by atoms with Crippen LogP contribution >= 0.6 is 23.2 Å². The van der Waals surface area contributed by atoms with Crippen LogP contribution in [0.2, 0.25) is 10.0 Å². The quantitative estimate of drug-likeness (QED) is 0.847. The number of anilines is 2. The molecule has 0 aliphatic carbocycles. The molecule has 0 aromatic heterocycles. The molecule has 0 heterocycles. The molecule has 0 saturated heterocycles. The van der Waals surface area contributed by atoms with E-state index in [1.165, 1.54) is 4.90 Å². The van der Waals surface area contributed by atoms with E-state index in [9.17, 15) is 9.59 Å². The zero-order valence-electron chi connectivity index (χ0n) is 13.3. The molecular formula is C17H17Cl2N3O2.